The molecule has 0 unspecified atom stereocenters. The second-order valence-electron chi connectivity index (χ2n) is 3.47. The van der Waals surface area contributed by atoms with Crippen LogP contribution in [0.1, 0.15) is 18.9 Å². The Morgan fingerprint density at radius 2 is 2.29 bits per heavy atom. The van der Waals surface area contributed by atoms with Crippen molar-refractivity contribution in [3.05, 3.63) is 28.2 Å². The summed E-state index contributed by atoms with van der Waals surface area (Å²) in [6.45, 7) is 2.00. The molecule has 5 nitrogen and oxygen atoms in total. The lowest BCUT2D eigenvalue weighted by Crippen LogP contribution is -2.22. The fraction of sp³-hybridized carbons (Fsp3) is 0.273. The third kappa shape index (κ3) is 4.07. The van der Waals surface area contributed by atoms with Crippen LogP contribution in [0.5, 0.6) is 0 Å². The van der Waals surface area contributed by atoms with Gasteiger partial charge in [0.25, 0.3) is 0 Å². The molecule has 92 valence electrons. The van der Waals surface area contributed by atoms with E-state index in [1.165, 1.54) is 0 Å². The van der Waals surface area contributed by atoms with E-state index in [9.17, 15) is 4.79 Å². The largest absolute Gasteiger partial charge is 0.409 e. The number of carbonyl (C=O) groups is 1. The molecule has 6 heteroatoms. The number of anilines is 1. The summed E-state index contributed by atoms with van der Waals surface area (Å²) in [4.78, 5) is 11.5. The summed E-state index contributed by atoms with van der Waals surface area (Å²) in [6.07, 6.45) is 0.675. The van der Waals surface area contributed by atoms with Crippen molar-refractivity contribution in [2.75, 3.05) is 5.32 Å². The third-order valence-electron chi connectivity index (χ3n) is 2.19. The smallest absolute Gasteiger partial charge is 0.232 e. The van der Waals surface area contributed by atoms with E-state index in [4.69, 9.17) is 10.9 Å². The monoisotopic (exact) mass is 299 g/mol. The lowest BCUT2D eigenvalue weighted by atomic mass is 10.1. The van der Waals surface area contributed by atoms with Crippen molar-refractivity contribution in [3.63, 3.8) is 0 Å². The number of oxime groups is 1. The van der Waals surface area contributed by atoms with Crippen LogP contribution in [0, 0.1) is 0 Å². The molecule has 0 spiro atoms. The van der Waals surface area contributed by atoms with Crippen LogP contribution in [0.4, 0.5) is 5.69 Å². The predicted octanol–water partition coefficient (Wildman–Crippen LogP) is 2.09. The quantitative estimate of drug-likeness (QED) is 0.344. The van der Waals surface area contributed by atoms with Crippen molar-refractivity contribution in [2.24, 2.45) is 10.9 Å². The topological polar surface area (TPSA) is 87.7 Å². The van der Waals surface area contributed by atoms with Gasteiger partial charge in [-0.05, 0) is 30.2 Å². The maximum atomic E-state index is 11.5. The van der Waals surface area contributed by atoms with Gasteiger partial charge in [-0.2, -0.15) is 0 Å². The highest BCUT2D eigenvalue weighted by molar-refractivity contribution is 9.10. The number of hydrogen-bond donors (Lipinski definition) is 3. The van der Waals surface area contributed by atoms with Gasteiger partial charge in [-0.1, -0.05) is 28.0 Å². The number of amidine groups is 1. The van der Waals surface area contributed by atoms with Gasteiger partial charge in [-0.15, -0.1) is 0 Å². The molecule has 0 aliphatic rings. The van der Waals surface area contributed by atoms with Gasteiger partial charge in [0.1, 0.15) is 5.84 Å². The highest BCUT2D eigenvalue weighted by Gasteiger charge is 2.08. The fourth-order valence-electron chi connectivity index (χ4n) is 1.37. The Balaban J connectivity index is 2.78. The molecule has 17 heavy (non-hydrogen) atoms. The first kappa shape index (κ1) is 13.5. The van der Waals surface area contributed by atoms with Gasteiger partial charge in [-0.25, -0.2) is 0 Å². The summed E-state index contributed by atoms with van der Waals surface area (Å²) in [5.41, 5.74) is 7.02. The Kier molecular flexibility index (Phi) is 4.96. The number of hydrogen-bond acceptors (Lipinski definition) is 3. The van der Waals surface area contributed by atoms with E-state index in [-0.39, 0.29) is 18.2 Å². The number of nitrogens with two attached hydrogens (primary N) is 1. The molecular formula is C11H14BrN3O2. The summed E-state index contributed by atoms with van der Waals surface area (Å²) < 4.78 is 0.962. The summed E-state index contributed by atoms with van der Waals surface area (Å²) in [6, 6.07) is 5.60. The summed E-state index contributed by atoms with van der Waals surface area (Å²) in [7, 11) is 0. The average Bonchev–Trinajstić information content (AvgIpc) is 2.31. The van der Waals surface area contributed by atoms with Crippen LogP contribution in [0.3, 0.4) is 0 Å². The molecule has 0 aliphatic heterocycles. The second-order valence-corrected chi connectivity index (χ2v) is 4.39. The highest BCUT2D eigenvalue weighted by atomic mass is 79.9. The molecule has 0 saturated heterocycles. The molecule has 0 fully saturated rings. The van der Waals surface area contributed by atoms with Crippen molar-refractivity contribution < 1.29 is 10.0 Å². The van der Waals surface area contributed by atoms with E-state index < -0.39 is 0 Å². The number of carbonyl (C=O) groups excluding carboxylic acids is 1. The van der Waals surface area contributed by atoms with Crippen molar-refractivity contribution in [1.29, 1.82) is 0 Å². The van der Waals surface area contributed by atoms with Gasteiger partial charge in [-0.3, -0.25) is 4.79 Å². The fourth-order valence-corrected chi connectivity index (χ4v) is 1.78. The minimum atomic E-state index is -0.308. The van der Waals surface area contributed by atoms with E-state index in [0.29, 0.717) is 0 Å². The summed E-state index contributed by atoms with van der Waals surface area (Å²) in [5, 5.41) is 13.8. The normalized spacial score (nSPS) is 11.3. The minimum Gasteiger partial charge on any atom is -0.409 e. The van der Waals surface area contributed by atoms with Crippen LogP contribution in [0.15, 0.2) is 27.8 Å². The Morgan fingerprint density at radius 3 is 2.88 bits per heavy atom. The van der Waals surface area contributed by atoms with Crippen molar-refractivity contribution in [2.45, 2.75) is 19.8 Å². The number of aryl methyl sites for hydroxylation is 1. The maximum Gasteiger partial charge on any atom is 0.232 e. The van der Waals surface area contributed by atoms with Crippen molar-refractivity contribution >= 4 is 33.4 Å². The molecule has 0 radical (unpaired) electrons. The average molecular weight is 300 g/mol. The van der Waals surface area contributed by atoms with Crippen molar-refractivity contribution in [1.82, 2.24) is 0 Å². The SMILES string of the molecule is CCc1cc(Br)ccc1NC(=O)C/C(N)=N/O. The number of nitrogens with zero attached hydrogens (tertiary/aromatic N) is 1. The third-order valence-corrected chi connectivity index (χ3v) is 2.69. The number of halogens is 1. The Labute approximate surface area is 108 Å². The molecule has 0 bridgehead atoms. The molecule has 0 aliphatic carbocycles. The van der Waals surface area contributed by atoms with Crippen LogP contribution >= 0.6 is 15.9 Å². The first-order valence-corrected chi connectivity index (χ1v) is 5.90. The molecule has 1 aromatic rings. The Morgan fingerprint density at radius 1 is 1.59 bits per heavy atom. The molecule has 0 heterocycles. The molecule has 0 saturated carbocycles. The second kappa shape index (κ2) is 6.24. The van der Waals surface area contributed by atoms with E-state index >= 15 is 0 Å². The van der Waals surface area contributed by atoms with Gasteiger partial charge in [0, 0.05) is 10.2 Å². The molecular weight excluding hydrogens is 286 g/mol. The number of benzene rings is 1. The zero-order valence-corrected chi connectivity index (χ0v) is 11.0. The van der Waals surface area contributed by atoms with Gasteiger partial charge >= 0.3 is 0 Å². The molecule has 1 rings (SSSR count). The minimum absolute atomic E-state index is 0.113. The van der Waals surface area contributed by atoms with Crippen LogP contribution in [-0.4, -0.2) is 17.0 Å². The van der Waals surface area contributed by atoms with Gasteiger partial charge in [0.15, 0.2) is 0 Å². The Hall–Kier alpha value is -1.56. The maximum absolute atomic E-state index is 11.5. The lowest BCUT2D eigenvalue weighted by Gasteiger charge is -2.10. The van der Waals surface area contributed by atoms with Crippen LogP contribution in [0.2, 0.25) is 0 Å². The first-order valence-electron chi connectivity index (χ1n) is 5.11. The lowest BCUT2D eigenvalue weighted by molar-refractivity contribution is -0.115. The van der Waals surface area contributed by atoms with Crippen LogP contribution < -0.4 is 11.1 Å². The van der Waals surface area contributed by atoms with Gasteiger partial charge in [0.05, 0.1) is 6.42 Å². The number of nitrogens with one attached hydrogen (secondary N) is 1. The molecule has 1 aromatic carbocycles. The summed E-state index contributed by atoms with van der Waals surface area (Å²) >= 11 is 3.37. The summed E-state index contributed by atoms with van der Waals surface area (Å²) in [5.74, 6) is -0.421. The molecule has 0 aromatic heterocycles. The van der Waals surface area contributed by atoms with E-state index in [1.54, 1.807) is 0 Å². The van der Waals surface area contributed by atoms with E-state index in [0.717, 1.165) is 22.1 Å². The van der Waals surface area contributed by atoms with E-state index in [1.807, 2.05) is 25.1 Å². The number of amides is 1. The Bertz CT molecular complexity index is 446. The van der Waals surface area contributed by atoms with Gasteiger partial charge in [0.2, 0.25) is 5.91 Å². The van der Waals surface area contributed by atoms with E-state index in [2.05, 4.69) is 26.4 Å². The molecule has 4 N–H and O–H groups in total. The predicted molar refractivity (Wildman–Crippen MR) is 70.2 cm³/mol. The van der Waals surface area contributed by atoms with Crippen LogP contribution in [0.25, 0.3) is 0 Å². The standard InChI is InChI=1S/C11H14BrN3O2/c1-2-7-5-8(12)3-4-9(7)14-11(16)6-10(13)15-17/h3-5,17H,2,6H2,1H3,(H2,13,15)(H,14,16). The molecule has 1 amide bonds. The molecule has 0 atom stereocenters. The first-order chi connectivity index (χ1) is 8.06. The van der Waals surface area contributed by atoms with Crippen molar-refractivity contribution in [3.8, 4) is 0 Å². The zero-order valence-electron chi connectivity index (χ0n) is 9.40. The highest BCUT2D eigenvalue weighted by Crippen LogP contribution is 2.21. The number of rotatable bonds is 4. The van der Waals surface area contributed by atoms with Crippen LogP contribution in [-0.2, 0) is 11.2 Å². The van der Waals surface area contributed by atoms with Gasteiger partial charge < -0.3 is 16.3 Å². The zero-order chi connectivity index (χ0) is 12.8.